The fourth-order valence-electron chi connectivity index (χ4n) is 4.50. The Morgan fingerprint density at radius 3 is 2.42 bits per heavy atom. The Hall–Kier alpha value is -4.09. The number of carboxylic acid groups (broad SMARTS) is 2. The molecule has 1 aromatic heterocycles. The van der Waals surface area contributed by atoms with E-state index >= 15 is 0 Å². The molecule has 3 atom stereocenters. The molecule has 1 aliphatic carbocycles. The molecule has 1 heterocycles. The van der Waals surface area contributed by atoms with E-state index in [0.717, 1.165) is 33.6 Å². The van der Waals surface area contributed by atoms with Crippen LogP contribution in [0.5, 0.6) is 0 Å². The number of nitrogens with zero attached hydrogens (tertiary/aromatic N) is 1. The van der Waals surface area contributed by atoms with Crippen molar-refractivity contribution >= 4 is 63.1 Å². The summed E-state index contributed by atoms with van der Waals surface area (Å²) in [6.45, 7) is 0. The molecule has 0 unspecified atom stereocenters. The van der Waals surface area contributed by atoms with Crippen LogP contribution in [-0.2, 0) is 19.2 Å². The Morgan fingerprint density at radius 2 is 1.77 bits per heavy atom. The molecule has 10 nitrogen and oxygen atoms in total. The first-order valence-corrected chi connectivity index (χ1v) is 13.9. The number of rotatable bonds is 10. The number of aliphatic carboxylic acids is 2. The predicted molar refractivity (Wildman–Crippen MR) is 156 cm³/mol. The minimum Gasteiger partial charge on any atom is -0.481 e. The molecule has 212 valence electrons. The smallest absolute Gasteiger partial charge is 0.320 e. The molecule has 0 saturated heterocycles. The van der Waals surface area contributed by atoms with Crippen molar-refractivity contribution in [3.8, 4) is 0 Å². The van der Waals surface area contributed by atoms with Crippen LogP contribution in [0.15, 0.2) is 48.5 Å². The molecule has 2 amide bonds. The molecule has 0 aliphatic heterocycles. The number of carbonyl (C=O) groups excluding carboxylic acids is 2. The minimum atomic E-state index is -0.964. The van der Waals surface area contributed by atoms with E-state index < -0.39 is 35.7 Å². The number of hydrogen-bond donors (Lipinski definition) is 5. The van der Waals surface area contributed by atoms with Crippen molar-refractivity contribution in [2.75, 3.05) is 12.4 Å². The highest BCUT2D eigenvalue weighted by Gasteiger charge is 2.35. The zero-order valence-electron chi connectivity index (χ0n) is 22.2. The first-order valence-electron chi connectivity index (χ1n) is 13.0. The van der Waals surface area contributed by atoms with Gasteiger partial charge in [-0.15, -0.1) is 11.3 Å². The zero-order chi connectivity index (χ0) is 29.1. The van der Waals surface area contributed by atoms with Crippen LogP contribution < -0.4 is 16.4 Å². The predicted octanol–water partition coefficient (Wildman–Crippen LogP) is 4.22. The van der Waals surface area contributed by atoms with E-state index in [2.05, 4.69) is 21.7 Å². The van der Waals surface area contributed by atoms with Gasteiger partial charge in [0.1, 0.15) is 11.0 Å². The summed E-state index contributed by atoms with van der Waals surface area (Å²) < 4.78 is 1.15. The number of benzene rings is 2. The van der Waals surface area contributed by atoms with Gasteiger partial charge in [-0.1, -0.05) is 43.2 Å². The summed E-state index contributed by atoms with van der Waals surface area (Å²) in [6, 6.07) is 14.9. The maximum atomic E-state index is 12.7. The standard InChI is InChI=1S/C23H22N2O3S.C6H12N2O3/c26-22(17-8-1-2-9-18(17)23(27)28)24-16-7-5-6-15(14-16)12-13-21-25-19-10-3-4-11-20(19)29-21;1-8-4(6(10)11)2-3-5(7)9/h3-7,10-14,17-18H,1-2,8-9H2,(H,24,26)(H,27,28);4,8H,2-3H2,1H3,(H2,7,9)(H,10,11)/b13-12+;/t17-,18+;4-/m11/s1. The number of para-hydroxylation sites is 1. The molecule has 0 radical (unpaired) electrons. The fourth-order valence-corrected chi connectivity index (χ4v) is 5.37. The second kappa shape index (κ2) is 14.9. The van der Waals surface area contributed by atoms with E-state index in [4.69, 9.17) is 10.8 Å². The Kier molecular flexibility index (Phi) is 11.3. The first-order chi connectivity index (χ1) is 19.2. The average molecular weight is 567 g/mol. The van der Waals surface area contributed by atoms with Crippen LogP contribution in [0, 0.1) is 11.8 Å². The number of nitrogens with one attached hydrogen (secondary N) is 2. The lowest BCUT2D eigenvalue weighted by Gasteiger charge is -2.27. The van der Waals surface area contributed by atoms with Gasteiger partial charge in [-0.2, -0.15) is 0 Å². The normalized spacial score (nSPS) is 17.5. The topological polar surface area (TPSA) is 172 Å². The lowest BCUT2D eigenvalue weighted by atomic mass is 9.78. The van der Waals surface area contributed by atoms with Gasteiger partial charge in [-0.25, -0.2) is 4.98 Å². The number of anilines is 1. The molecule has 0 spiro atoms. The second-order valence-electron chi connectivity index (χ2n) is 9.49. The van der Waals surface area contributed by atoms with Gasteiger partial charge < -0.3 is 26.6 Å². The summed E-state index contributed by atoms with van der Waals surface area (Å²) in [5.41, 5.74) is 7.44. The van der Waals surface area contributed by atoms with E-state index in [0.29, 0.717) is 18.5 Å². The molecular weight excluding hydrogens is 532 g/mol. The fraction of sp³-hybridized carbons (Fsp3) is 0.345. The van der Waals surface area contributed by atoms with Gasteiger partial charge in [-0.05, 0) is 62.2 Å². The van der Waals surface area contributed by atoms with Crippen molar-refractivity contribution in [1.29, 1.82) is 0 Å². The number of likely N-dealkylation sites (N-methyl/N-ethyl adjacent to an activating group) is 1. The Bertz CT molecular complexity index is 1340. The summed E-state index contributed by atoms with van der Waals surface area (Å²) in [6.07, 6.45) is 7.22. The molecule has 4 rings (SSSR count). The van der Waals surface area contributed by atoms with Gasteiger partial charge >= 0.3 is 11.9 Å². The van der Waals surface area contributed by atoms with Crippen LogP contribution in [0.2, 0.25) is 0 Å². The van der Waals surface area contributed by atoms with Gasteiger partial charge in [0.2, 0.25) is 11.8 Å². The number of thiazole rings is 1. The molecule has 40 heavy (non-hydrogen) atoms. The third-order valence-electron chi connectivity index (χ3n) is 6.63. The van der Waals surface area contributed by atoms with Crippen LogP contribution in [0.3, 0.4) is 0 Å². The van der Waals surface area contributed by atoms with Crippen LogP contribution >= 0.6 is 11.3 Å². The lowest BCUT2D eigenvalue weighted by molar-refractivity contribution is -0.147. The number of carbonyl (C=O) groups is 4. The maximum Gasteiger partial charge on any atom is 0.320 e. The summed E-state index contributed by atoms with van der Waals surface area (Å²) in [4.78, 5) is 49.3. The van der Waals surface area contributed by atoms with Crippen molar-refractivity contribution in [2.45, 2.75) is 44.6 Å². The number of carboxylic acids is 2. The molecule has 1 aliphatic rings. The number of primary amides is 1. The largest absolute Gasteiger partial charge is 0.481 e. The Labute approximate surface area is 236 Å². The summed E-state index contributed by atoms with van der Waals surface area (Å²) in [7, 11) is 1.53. The van der Waals surface area contributed by atoms with Gasteiger partial charge in [-0.3, -0.25) is 19.2 Å². The number of fused-ring (bicyclic) bond motifs is 1. The number of nitrogens with two attached hydrogens (primary N) is 1. The van der Waals surface area contributed by atoms with Crippen molar-refractivity contribution in [3.63, 3.8) is 0 Å². The van der Waals surface area contributed by atoms with E-state index in [1.54, 1.807) is 11.3 Å². The van der Waals surface area contributed by atoms with Crippen LogP contribution in [0.4, 0.5) is 5.69 Å². The first kappa shape index (κ1) is 30.5. The highest BCUT2D eigenvalue weighted by atomic mass is 32.1. The summed E-state index contributed by atoms with van der Waals surface area (Å²) in [5.74, 6) is -3.59. The van der Waals surface area contributed by atoms with Gasteiger partial charge in [0.25, 0.3) is 0 Å². The Morgan fingerprint density at radius 1 is 1.05 bits per heavy atom. The monoisotopic (exact) mass is 566 g/mol. The molecule has 1 fully saturated rings. The van der Waals surface area contributed by atoms with Gasteiger partial charge in [0.05, 0.1) is 22.1 Å². The van der Waals surface area contributed by atoms with Crippen LogP contribution in [0.25, 0.3) is 22.4 Å². The average Bonchev–Trinajstić information content (AvgIpc) is 3.35. The number of aromatic nitrogens is 1. The molecule has 6 N–H and O–H groups in total. The molecular formula is C29H34N4O6S. The van der Waals surface area contributed by atoms with E-state index in [-0.39, 0.29) is 18.7 Å². The third-order valence-corrected chi connectivity index (χ3v) is 7.63. The van der Waals surface area contributed by atoms with E-state index in [9.17, 15) is 24.3 Å². The van der Waals surface area contributed by atoms with E-state index in [1.807, 2.05) is 54.6 Å². The minimum absolute atomic E-state index is 0.0950. The van der Waals surface area contributed by atoms with E-state index in [1.165, 1.54) is 7.05 Å². The van der Waals surface area contributed by atoms with Crippen molar-refractivity contribution < 1.29 is 29.4 Å². The summed E-state index contributed by atoms with van der Waals surface area (Å²) >= 11 is 1.63. The van der Waals surface area contributed by atoms with Gasteiger partial charge in [0, 0.05) is 12.1 Å². The quantitative estimate of drug-likeness (QED) is 0.243. The SMILES string of the molecule is CN[C@H](CCC(N)=O)C(=O)O.O=C(O)[C@H]1CCCC[C@H]1C(=O)Nc1cccc(/C=C/c2nc3ccccc3s2)c1. The highest BCUT2D eigenvalue weighted by Crippen LogP contribution is 2.31. The third kappa shape index (κ3) is 8.99. The highest BCUT2D eigenvalue weighted by molar-refractivity contribution is 7.19. The maximum absolute atomic E-state index is 12.7. The van der Waals surface area contributed by atoms with Crippen molar-refractivity contribution in [3.05, 3.63) is 59.1 Å². The zero-order valence-corrected chi connectivity index (χ0v) is 23.0. The second-order valence-corrected chi connectivity index (χ2v) is 10.6. The van der Waals surface area contributed by atoms with Crippen LogP contribution in [-0.4, -0.2) is 52.0 Å². The molecule has 2 aromatic carbocycles. The van der Waals surface area contributed by atoms with Gasteiger partial charge in [0.15, 0.2) is 0 Å². The molecule has 1 saturated carbocycles. The number of hydrogen-bond acceptors (Lipinski definition) is 7. The molecule has 0 bridgehead atoms. The molecule has 3 aromatic rings. The van der Waals surface area contributed by atoms with Crippen molar-refractivity contribution in [1.82, 2.24) is 10.3 Å². The van der Waals surface area contributed by atoms with Crippen LogP contribution in [0.1, 0.15) is 49.1 Å². The van der Waals surface area contributed by atoms with Crippen molar-refractivity contribution in [2.24, 2.45) is 17.6 Å². The molecule has 11 heteroatoms. The lowest BCUT2D eigenvalue weighted by Crippen LogP contribution is -2.36. The Balaban J connectivity index is 0.000000342. The number of amides is 2. The summed E-state index contributed by atoms with van der Waals surface area (Å²) in [5, 5.41) is 24.3.